The highest BCUT2D eigenvalue weighted by molar-refractivity contribution is 5.84. The molecule has 0 radical (unpaired) electrons. The lowest BCUT2D eigenvalue weighted by molar-refractivity contribution is 0.669. The Morgan fingerprint density at radius 1 is 0.429 bits per heavy atom. The summed E-state index contributed by atoms with van der Waals surface area (Å²) in [5.74, 6) is 3.38. The van der Waals surface area contributed by atoms with Crippen LogP contribution in [0.5, 0.6) is 0 Å². The van der Waals surface area contributed by atoms with Crippen molar-refractivity contribution in [3.8, 4) is 0 Å². The first kappa shape index (κ1) is 48.3. The van der Waals surface area contributed by atoms with Crippen LogP contribution in [0, 0.1) is 41.5 Å². The van der Waals surface area contributed by atoms with E-state index in [2.05, 4.69) is 266 Å². The van der Waals surface area contributed by atoms with Crippen LogP contribution in [-0.2, 0) is 0 Å². The summed E-state index contributed by atoms with van der Waals surface area (Å²) in [6.07, 6.45) is 4.55. The Bertz CT molecular complexity index is 2830. The molecule has 0 bridgehead atoms. The summed E-state index contributed by atoms with van der Waals surface area (Å²) in [6.45, 7) is 34.9. The van der Waals surface area contributed by atoms with E-state index in [0.29, 0.717) is 6.54 Å². The molecule has 3 aliphatic heterocycles. The number of nitrogens with one attached hydrogen (secondary N) is 1. The molecule has 7 nitrogen and oxygen atoms in total. The first-order chi connectivity index (χ1) is 33.5. The van der Waals surface area contributed by atoms with Crippen LogP contribution in [0.3, 0.4) is 0 Å². The molecule has 0 aliphatic carbocycles. The molecule has 1 N–H and O–H groups in total. The summed E-state index contributed by atoms with van der Waals surface area (Å²) in [5.41, 5.74) is 26.6. The Hall–Kier alpha value is -6.70. The fraction of sp³-hybridized carbons (Fsp3) is 0.333. The first-order valence-electron chi connectivity index (χ1n) is 25.7. The van der Waals surface area contributed by atoms with Crippen LogP contribution in [0.1, 0.15) is 135 Å². The van der Waals surface area contributed by atoms with E-state index in [1.165, 1.54) is 89.9 Å². The van der Waals surface area contributed by atoms with Crippen molar-refractivity contribution in [1.82, 2.24) is 5.53 Å². The summed E-state index contributed by atoms with van der Waals surface area (Å²) < 4.78 is 0. The Balaban J connectivity index is 1.51. The van der Waals surface area contributed by atoms with Gasteiger partial charge in [0.05, 0.1) is 29.3 Å². The van der Waals surface area contributed by atoms with Gasteiger partial charge in [-0.1, -0.05) is 164 Å². The number of para-hydroxylation sites is 4. The van der Waals surface area contributed by atoms with Gasteiger partial charge in [-0.15, -0.1) is 5.53 Å². The molecule has 362 valence electrons. The average Bonchev–Trinajstić information content (AvgIpc) is 3.92. The third-order valence-electron chi connectivity index (χ3n) is 14.5. The third-order valence-corrected chi connectivity index (χ3v) is 14.5. The van der Waals surface area contributed by atoms with Gasteiger partial charge in [0.25, 0.3) is 0 Å². The van der Waals surface area contributed by atoms with Crippen molar-refractivity contribution >= 4 is 34.1 Å². The molecular formula is C63H75N7. The molecule has 0 spiro atoms. The molecule has 6 aromatic rings. The van der Waals surface area contributed by atoms with E-state index in [1.54, 1.807) is 0 Å². The van der Waals surface area contributed by atoms with Gasteiger partial charge in [0.2, 0.25) is 0 Å². The molecule has 0 saturated carbocycles. The molecule has 2 fully saturated rings. The quantitative estimate of drug-likeness (QED) is 0.146. The fourth-order valence-corrected chi connectivity index (χ4v) is 11.6. The minimum Gasteiger partial charge on any atom is -0.324 e. The minimum absolute atomic E-state index is 0.243. The maximum atomic E-state index is 3.93. The van der Waals surface area contributed by atoms with Gasteiger partial charge in [0.15, 0.2) is 0 Å². The van der Waals surface area contributed by atoms with E-state index >= 15 is 0 Å². The van der Waals surface area contributed by atoms with Crippen molar-refractivity contribution in [3.63, 3.8) is 0 Å². The van der Waals surface area contributed by atoms with Crippen molar-refractivity contribution in [1.29, 1.82) is 0 Å². The second-order valence-corrected chi connectivity index (χ2v) is 21.2. The van der Waals surface area contributed by atoms with Crippen molar-refractivity contribution in [2.75, 3.05) is 49.3 Å². The van der Waals surface area contributed by atoms with Crippen LogP contribution >= 0.6 is 0 Å². The zero-order chi connectivity index (χ0) is 49.7. The Kier molecular flexibility index (Phi) is 13.5. The van der Waals surface area contributed by atoms with E-state index in [0.717, 1.165) is 36.0 Å². The number of hydrogen-bond acceptors (Lipinski definition) is 7. The van der Waals surface area contributed by atoms with Gasteiger partial charge in [-0.2, -0.15) is 0 Å². The van der Waals surface area contributed by atoms with Crippen molar-refractivity contribution < 1.29 is 0 Å². The second-order valence-electron chi connectivity index (χ2n) is 21.2. The summed E-state index contributed by atoms with van der Waals surface area (Å²) in [5, 5.41) is 4.44. The molecule has 0 unspecified atom stereocenters. The predicted molar refractivity (Wildman–Crippen MR) is 299 cm³/mol. The van der Waals surface area contributed by atoms with Gasteiger partial charge >= 0.3 is 0 Å². The summed E-state index contributed by atoms with van der Waals surface area (Å²) in [7, 11) is 0. The molecule has 0 amide bonds. The van der Waals surface area contributed by atoms with Gasteiger partial charge in [0, 0.05) is 36.4 Å². The number of hydrazine groups is 2. The number of hydrogen-bond donors (Lipinski definition) is 1. The summed E-state index contributed by atoms with van der Waals surface area (Å²) in [6, 6.07) is 45.0. The highest BCUT2D eigenvalue weighted by Gasteiger charge is 2.46. The van der Waals surface area contributed by atoms with Crippen LogP contribution in [0.4, 0.5) is 34.1 Å². The average molecular weight is 930 g/mol. The second kappa shape index (κ2) is 19.6. The molecule has 6 aromatic carbocycles. The smallest absolute Gasteiger partial charge is 0.144 e. The maximum Gasteiger partial charge on any atom is 0.144 e. The number of aryl methyl sites for hydroxylation is 6. The fourth-order valence-electron chi connectivity index (χ4n) is 11.6. The van der Waals surface area contributed by atoms with Crippen LogP contribution in [0.15, 0.2) is 157 Å². The number of anilines is 6. The summed E-state index contributed by atoms with van der Waals surface area (Å²) >= 11 is 0. The minimum atomic E-state index is 0.243. The molecular weight excluding hydrogens is 855 g/mol. The monoisotopic (exact) mass is 930 g/mol. The lowest BCUT2D eigenvalue weighted by Crippen LogP contribution is -2.51. The van der Waals surface area contributed by atoms with Crippen LogP contribution in [0.2, 0.25) is 0 Å². The predicted octanol–water partition coefficient (Wildman–Crippen LogP) is 15.7. The van der Waals surface area contributed by atoms with Crippen LogP contribution in [0.25, 0.3) is 0 Å². The lowest BCUT2D eigenvalue weighted by atomic mass is 9.91. The molecule has 2 saturated heterocycles. The lowest BCUT2D eigenvalue weighted by Gasteiger charge is -2.41. The van der Waals surface area contributed by atoms with Gasteiger partial charge in [-0.25, -0.2) is 0 Å². The Labute approximate surface area is 420 Å². The van der Waals surface area contributed by atoms with E-state index < -0.39 is 0 Å². The molecule has 3 aliphatic rings. The van der Waals surface area contributed by atoms with Gasteiger partial charge in [-0.3, -0.25) is 14.9 Å². The maximum absolute atomic E-state index is 3.93. The van der Waals surface area contributed by atoms with E-state index in [9.17, 15) is 0 Å². The van der Waals surface area contributed by atoms with Gasteiger partial charge in [0.1, 0.15) is 17.3 Å². The third kappa shape index (κ3) is 8.78. The molecule has 0 atom stereocenters. The zero-order valence-electron chi connectivity index (χ0n) is 44.3. The van der Waals surface area contributed by atoms with Gasteiger partial charge < -0.3 is 14.7 Å². The molecule has 3 heterocycles. The zero-order valence-corrected chi connectivity index (χ0v) is 44.3. The standard InChI is InChI=1S/C63H75N7/c1-40(2)52-27-21-28-53(41(3)4)60(52)67-39-57(62-65(58-46(11)35-44(9)36-47(58)12)33-34-66(62)59-48(13)37-45(10)38-49(59)14)69(61-54(42(5)6)29-22-30-55(61)43(7)8)63(67)56-31-32-68(50-23-17-15-18-24-50)64-70(56)51-25-19-16-20-26-51/h15-32,35-38,40-43,64H,33-34,39H2,1-14H3. The SMILES string of the molecule is Cc1cc(C)c(N2CCN(c3c(C)cc(C)cc3C)C2=C2CN(c3c(C(C)C)cccc3C(C)C)C(=C3C=CN(c4ccccc4)NN3c3ccccc3)N2c2c(C(C)C)cccc2C(C)C)c(C)c1. The Morgan fingerprint density at radius 3 is 1.27 bits per heavy atom. The van der Waals surface area contributed by atoms with Crippen LogP contribution < -0.4 is 35.2 Å². The normalized spacial score (nSPS) is 16.5. The molecule has 70 heavy (non-hydrogen) atoms. The molecule has 9 rings (SSSR count). The Morgan fingerprint density at radius 2 is 0.843 bits per heavy atom. The van der Waals surface area contributed by atoms with E-state index in [4.69, 9.17) is 0 Å². The molecule has 7 heteroatoms. The van der Waals surface area contributed by atoms with Crippen molar-refractivity contribution in [2.24, 2.45) is 0 Å². The number of rotatable bonds is 10. The van der Waals surface area contributed by atoms with E-state index in [-0.39, 0.29) is 23.7 Å². The number of benzene rings is 6. The first-order valence-corrected chi connectivity index (χ1v) is 25.7. The largest absolute Gasteiger partial charge is 0.324 e. The number of allylic oxidation sites excluding steroid dienone is 1. The van der Waals surface area contributed by atoms with Gasteiger partial charge in [-0.05, 0) is 140 Å². The summed E-state index contributed by atoms with van der Waals surface area (Å²) in [4.78, 5) is 10.8. The van der Waals surface area contributed by atoms with Crippen molar-refractivity contribution in [3.05, 3.63) is 212 Å². The highest BCUT2D eigenvalue weighted by atomic mass is 15.8. The number of nitrogens with zero attached hydrogens (tertiary/aromatic N) is 6. The van der Waals surface area contributed by atoms with Crippen molar-refractivity contribution in [2.45, 2.75) is 121 Å². The highest BCUT2D eigenvalue weighted by Crippen LogP contribution is 2.51. The van der Waals surface area contributed by atoms with E-state index in [1.807, 2.05) is 0 Å². The molecule has 0 aromatic heterocycles. The topological polar surface area (TPSA) is 31.5 Å². The van der Waals surface area contributed by atoms with Crippen LogP contribution in [-0.4, -0.2) is 19.6 Å².